The monoisotopic (exact) mass is 437 g/mol. The number of anilines is 2. The predicted molar refractivity (Wildman–Crippen MR) is 125 cm³/mol. The van der Waals surface area contributed by atoms with Crippen molar-refractivity contribution in [1.29, 1.82) is 0 Å². The van der Waals surface area contributed by atoms with E-state index in [2.05, 4.69) is 15.6 Å². The smallest absolute Gasteiger partial charge is 0.407 e. The first-order chi connectivity index (χ1) is 14.7. The number of aromatic nitrogens is 1. The van der Waals surface area contributed by atoms with Crippen molar-refractivity contribution in [2.24, 2.45) is 0 Å². The maximum atomic E-state index is 11.7. The molecule has 0 aliphatic carbocycles. The summed E-state index contributed by atoms with van der Waals surface area (Å²) in [6.45, 7) is 7.55. The lowest BCUT2D eigenvalue weighted by Crippen LogP contribution is -2.33. The molecule has 31 heavy (non-hydrogen) atoms. The van der Waals surface area contributed by atoms with Crippen LogP contribution in [0.1, 0.15) is 43.1 Å². The fraction of sp³-hybridized carbons (Fsp3) is 0.292. The second-order valence-corrected chi connectivity index (χ2v) is 9.08. The van der Waals surface area contributed by atoms with Gasteiger partial charge in [0.15, 0.2) is 5.78 Å². The minimum atomic E-state index is -0.503. The fourth-order valence-corrected chi connectivity index (χ4v) is 3.63. The van der Waals surface area contributed by atoms with Crippen molar-refractivity contribution in [3.8, 4) is 11.3 Å². The zero-order valence-corrected chi connectivity index (χ0v) is 19.0. The SMILES string of the molecule is CC(=O)c1ccc(Nc2ccc(-c3csc(CCNC(=O)OC(C)(C)C)n3)cc2)cc1. The van der Waals surface area contributed by atoms with Gasteiger partial charge in [0.05, 0.1) is 10.7 Å². The molecule has 0 unspecified atom stereocenters. The van der Waals surface area contributed by atoms with Gasteiger partial charge in [-0.2, -0.15) is 0 Å². The lowest BCUT2D eigenvalue weighted by atomic mass is 10.1. The summed E-state index contributed by atoms with van der Waals surface area (Å²) in [4.78, 5) is 27.8. The van der Waals surface area contributed by atoms with Gasteiger partial charge in [-0.1, -0.05) is 12.1 Å². The first kappa shape index (κ1) is 22.5. The third kappa shape index (κ3) is 6.93. The Bertz CT molecular complexity index is 1040. The third-order valence-corrected chi connectivity index (χ3v) is 5.23. The Hall–Kier alpha value is -3.19. The van der Waals surface area contributed by atoms with Crippen molar-refractivity contribution < 1.29 is 14.3 Å². The molecule has 1 amide bonds. The van der Waals surface area contributed by atoms with Gasteiger partial charge in [0.2, 0.25) is 0 Å². The largest absolute Gasteiger partial charge is 0.444 e. The molecule has 0 bridgehead atoms. The number of carbonyl (C=O) groups excluding carboxylic acids is 2. The Morgan fingerprint density at radius 3 is 2.19 bits per heavy atom. The van der Waals surface area contributed by atoms with E-state index in [1.165, 1.54) is 0 Å². The number of hydrogen-bond donors (Lipinski definition) is 2. The highest BCUT2D eigenvalue weighted by atomic mass is 32.1. The Labute approximate surface area is 186 Å². The Morgan fingerprint density at radius 2 is 1.61 bits per heavy atom. The van der Waals surface area contributed by atoms with Gasteiger partial charge in [-0.15, -0.1) is 11.3 Å². The molecule has 0 spiro atoms. The summed E-state index contributed by atoms with van der Waals surface area (Å²) < 4.78 is 5.23. The molecule has 0 saturated heterocycles. The maximum absolute atomic E-state index is 11.7. The van der Waals surface area contributed by atoms with Gasteiger partial charge in [0, 0.05) is 40.8 Å². The first-order valence-electron chi connectivity index (χ1n) is 10.1. The Kier molecular flexibility index (Phi) is 7.07. The number of amides is 1. The number of thiazole rings is 1. The molecule has 3 aromatic rings. The van der Waals surface area contributed by atoms with E-state index in [-0.39, 0.29) is 5.78 Å². The maximum Gasteiger partial charge on any atom is 0.407 e. The van der Waals surface area contributed by atoms with Crippen LogP contribution in [-0.4, -0.2) is 29.0 Å². The zero-order chi connectivity index (χ0) is 22.4. The van der Waals surface area contributed by atoms with Crippen LogP contribution in [0, 0.1) is 0 Å². The lowest BCUT2D eigenvalue weighted by Gasteiger charge is -2.19. The van der Waals surface area contributed by atoms with Crippen molar-refractivity contribution >= 4 is 34.6 Å². The summed E-state index contributed by atoms with van der Waals surface area (Å²) in [5.41, 5.74) is 4.01. The minimum Gasteiger partial charge on any atom is -0.444 e. The van der Waals surface area contributed by atoms with Crippen LogP contribution in [0.4, 0.5) is 16.2 Å². The highest BCUT2D eigenvalue weighted by Gasteiger charge is 2.15. The van der Waals surface area contributed by atoms with Crippen molar-refractivity contribution in [1.82, 2.24) is 10.3 Å². The van der Waals surface area contributed by atoms with Gasteiger partial charge in [-0.05, 0) is 64.1 Å². The van der Waals surface area contributed by atoms with Gasteiger partial charge in [0.1, 0.15) is 5.60 Å². The summed E-state index contributed by atoms with van der Waals surface area (Å²) in [6.07, 6.45) is 0.239. The first-order valence-corrected chi connectivity index (χ1v) is 11.0. The number of benzene rings is 2. The average Bonchev–Trinajstić information content (AvgIpc) is 3.16. The number of nitrogens with zero attached hydrogens (tertiary/aromatic N) is 1. The van der Waals surface area contributed by atoms with E-state index in [9.17, 15) is 9.59 Å². The molecule has 2 N–H and O–H groups in total. The molecule has 1 heterocycles. The van der Waals surface area contributed by atoms with Crippen molar-refractivity contribution in [2.75, 3.05) is 11.9 Å². The molecular formula is C24H27N3O3S. The van der Waals surface area contributed by atoms with Crippen LogP contribution in [0.3, 0.4) is 0 Å². The number of carbonyl (C=O) groups is 2. The topological polar surface area (TPSA) is 80.3 Å². The van der Waals surface area contributed by atoms with Crippen molar-refractivity contribution in [3.05, 3.63) is 64.5 Å². The average molecular weight is 438 g/mol. The Balaban J connectivity index is 1.54. The highest BCUT2D eigenvalue weighted by Crippen LogP contribution is 2.25. The molecule has 162 valence electrons. The lowest BCUT2D eigenvalue weighted by molar-refractivity contribution is 0.0528. The summed E-state index contributed by atoms with van der Waals surface area (Å²) >= 11 is 1.57. The van der Waals surface area contributed by atoms with E-state index < -0.39 is 11.7 Å². The normalized spacial score (nSPS) is 11.1. The molecule has 3 rings (SSSR count). The van der Waals surface area contributed by atoms with Crippen LogP contribution in [-0.2, 0) is 11.2 Å². The molecule has 0 fully saturated rings. The number of hydrogen-bond acceptors (Lipinski definition) is 6. The van der Waals surface area contributed by atoms with Crippen LogP contribution in [0.15, 0.2) is 53.9 Å². The molecule has 0 aliphatic heterocycles. The second kappa shape index (κ2) is 9.75. The van der Waals surface area contributed by atoms with E-state index in [4.69, 9.17) is 4.74 Å². The number of nitrogens with one attached hydrogen (secondary N) is 2. The van der Waals surface area contributed by atoms with Crippen molar-refractivity contribution in [3.63, 3.8) is 0 Å². The molecule has 2 aromatic carbocycles. The highest BCUT2D eigenvalue weighted by molar-refractivity contribution is 7.09. The van der Waals surface area contributed by atoms with Gasteiger partial charge in [-0.25, -0.2) is 9.78 Å². The van der Waals surface area contributed by atoms with Crippen molar-refractivity contribution in [2.45, 2.75) is 39.7 Å². The van der Waals surface area contributed by atoms with Gasteiger partial charge < -0.3 is 15.4 Å². The summed E-state index contributed by atoms with van der Waals surface area (Å²) in [7, 11) is 0. The molecular weight excluding hydrogens is 410 g/mol. The summed E-state index contributed by atoms with van der Waals surface area (Å²) in [6, 6.07) is 15.4. The number of alkyl carbamates (subject to hydrolysis) is 1. The summed E-state index contributed by atoms with van der Waals surface area (Å²) in [5.74, 6) is 0.0548. The molecule has 0 atom stereocenters. The van der Waals surface area contributed by atoms with E-state index in [1.54, 1.807) is 18.3 Å². The molecule has 0 aliphatic rings. The third-order valence-electron chi connectivity index (χ3n) is 4.32. The van der Waals surface area contributed by atoms with Gasteiger partial charge in [-0.3, -0.25) is 4.79 Å². The quantitative estimate of drug-likeness (QED) is 0.455. The van der Waals surface area contributed by atoms with E-state index >= 15 is 0 Å². The van der Waals surface area contributed by atoms with E-state index in [0.29, 0.717) is 18.5 Å². The van der Waals surface area contributed by atoms with Crippen LogP contribution >= 0.6 is 11.3 Å². The number of ketones is 1. The Morgan fingerprint density at radius 1 is 1.00 bits per heavy atom. The van der Waals surface area contributed by atoms with E-state index in [0.717, 1.165) is 27.6 Å². The number of rotatable bonds is 7. The number of ether oxygens (including phenoxy) is 1. The van der Waals surface area contributed by atoms with Crippen LogP contribution in [0.25, 0.3) is 11.3 Å². The minimum absolute atomic E-state index is 0.0548. The van der Waals surface area contributed by atoms with Gasteiger partial charge >= 0.3 is 6.09 Å². The van der Waals surface area contributed by atoms with Crippen LogP contribution in [0.5, 0.6) is 0 Å². The number of Topliss-reactive ketones (excluding diaryl/α,β-unsaturated/α-hetero) is 1. The molecule has 6 nitrogen and oxygen atoms in total. The fourth-order valence-electron chi connectivity index (χ4n) is 2.82. The van der Waals surface area contributed by atoms with E-state index in [1.807, 2.05) is 74.7 Å². The molecule has 1 aromatic heterocycles. The predicted octanol–water partition coefficient (Wildman–Crippen LogP) is 5.82. The molecule has 7 heteroatoms. The standard InChI is InChI=1S/C24H27N3O3S/c1-16(28)17-5-9-19(10-6-17)26-20-11-7-18(8-12-20)21-15-31-22(27-21)13-14-25-23(29)30-24(2,3)4/h5-12,15,26H,13-14H2,1-4H3,(H,25,29). The van der Waals surface area contributed by atoms with Crippen LogP contribution in [0.2, 0.25) is 0 Å². The molecule has 0 radical (unpaired) electrons. The van der Waals surface area contributed by atoms with Crippen LogP contribution < -0.4 is 10.6 Å². The summed E-state index contributed by atoms with van der Waals surface area (Å²) in [5, 5.41) is 9.06. The second-order valence-electron chi connectivity index (χ2n) is 8.14. The molecule has 0 saturated carbocycles. The van der Waals surface area contributed by atoms with Gasteiger partial charge in [0.25, 0.3) is 0 Å². The zero-order valence-electron chi connectivity index (χ0n) is 18.2.